The minimum absolute atomic E-state index is 0.0581. The van der Waals surface area contributed by atoms with Gasteiger partial charge >= 0.3 is 5.51 Å². The van der Waals surface area contributed by atoms with Crippen LogP contribution in [0.25, 0.3) is 0 Å². The maximum atomic E-state index is 12.5. The zero-order valence-electron chi connectivity index (χ0n) is 11.9. The summed E-state index contributed by atoms with van der Waals surface area (Å²) in [4.78, 5) is 11.9. The van der Waals surface area contributed by atoms with Gasteiger partial charge in [-0.1, -0.05) is 30.3 Å². The first-order valence-electron chi connectivity index (χ1n) is 6.76. The molecule has 0 bridgehead atoms. The van der Waals surface area contributed by atoms with Gasteiger partial charge in [-0.3, -0.25) is 4.79 Å². The van der Waals surface area contributed by atoms with Crippen LogP contribution in [-0.2, 0) is 11.2 Å². The number of aromatic hydroxyl groups is 1. The molecular weight excluding hydrogens is 327 g/mol. The molecule has 1 amide bonds. The molecule has 122 valence electrons. The van der Waals surface area contributed by atoms with E-state index < -0.39 is 11.4 Å². The topological polar surface area (TPSA) is 49.3 Å². The van der Waals surface area contributed by atoms with Crippen molar-refractivity contribution in [1.29, 1.82) is 0 Å². The highest BCUT2D eigenvalue weighted by Gasteiger charge is 2.30. The number of thioether (sulfide) groups is 1. The highest BCUT2D eigenvalue weighted by atomic mass is 32.2. The molecule has 2 aromatic carbocycles. The third-order valence-electron chi connectivity index (χ3n) is 3.00. The SMILES string of the molecule is O=C(CCc1ccccc1O)Nc1ccccc1SC(F)(F)F. The van der Waals surface area contributed by atoms with Crippen molar-refractivity contribution >= 4 is 23.4 Å². The predicted octanol–water partition coefficient (Wildman–Crippen LogP) is 4.58. The summed E-state index contributed by atoms with van der Waals surface area (Å²) < 4.78 is 37.5. The van der Waals surface area contributed by atoms with Crippen LogP contribution in [-0.4, -0.2) is 16.5 Å². The number of phenolic OH excluding ortho intramolecular Hbond substituents is 1. The third-order valence-corrected chi connectivity index (χ3v) is 3.81. The standard InChI is InChI=1S/C16H14F3NO2S/c17-16(18,19)23-14-8-4-2-6-12(14)20-15(22)10-9-11-5-1-3-7-13(11)21/h1-8,21H,9-10H2,(H,20,22). The number of benzene rings is 2. The summed E-state index contributed by atoms with van der Waals surface area (Å²) in [6.45, 7) is 0. The van der Waals surface area contributed by atoms with Gasteiger partial charge in [0.05, 0.1) is 5.69 Å². The van der Waals surface area contributed by atoms with E-state index in [0.717, 1.165) is 0 Å². The summed E-state index contributed by atoms with van der Waals surface area (Å²) in [5.41, 5.74) is -3.69. The van der Waals surface area contributed by atoms with Gasteiger partial charge in [0, 0.05) is 11.3 Å². The monoisotopic (exact) mass is 341 g/mol. The van der Waals surface area contributed by atoms with Crippen molar-refractivity contribution in [1.82, 2.24) is 0 Å². The van der Waals surface area contributed by atoms with Gasteiger partial charge in [-0.15, -0.1) is 0 Å². The first kappa shape index (κ1) is 17.2. The number of para-hydroxylation sites is 2. The molecule has 2 aromatic rings. The van der Waals surface area contributed by atoms with E-state index in [9.17, 15) is 23.1 Å². The van der Waals surface area contributed by atoms with Crippen LogP contribution in [0.2, 0.25) is 0 Å². The van der Waals surface area contributed by atoms with E-state index >= 15 is 0 Å². The Morgan fingerprint density at radius 2 is 1.74 bits per heavy atom. The number of rotatable bonds is 5. The molecule has 0 aliphatic rings. The lowest BCUT2D eigenvalue weighted by molar-refractivity contribution is -0.116. The van der Waals surface area contributed by atoms with Crippen LogP contribution in [0.5, 0.6) is 5.75 Å². The fourth-order valence-electron chi connectivity index (χ4n) is 1.97. The molecule has 0 atom stereocenters. The number of carbonyl (C=O) groups excluding carboxylic acids is 1. The minimum atomic E-state index is -4.42. The van der Waals surface area contributed by atoms with Gasteiger partial charge < -0.3 is 10.4 Å². The van der Waals surface area contributed by atoms with Crippen LogP contribution >= 0.6 is 11.8 Å². The molecule has 0 saturated carbocycles. The zero-order chi connectivity index (χ0) is 16.9. The summed E-state index contributed by atoms with van der Waals surface area (Å²) >= 11 is -0.268. The molecule has 0 aliphatic heterocycles. The molecule has 0 aliphatic carbocycles. The van der Waals surface area contributed by atoms with Crippen LogP contribution < -0.4 is 5.32 Å². The molecule has 0 fully saturated rings. The van der Waals surface area contributed by atoms with Crippen molar-refractivity contribution in [3.8, 4) is 5.75 Å². The van der Waals surface area contributed by atoms with Gasteiger partial charge in [-0.2, -0.15) is 13.2 Å². The first-order chi connectivity index (χ1) is 10.8. The molecule has 7 heteroatoms. The van der Waals surface area contributed by atoms with Gasteiger partial charge in [-0.05, 0) is 41.9 Å². The Morgan fingerprint density at radius 1 is 1.09 bits per heavy atom. The lowest BCUT2D eigenvalue weighted by atomic mass is 10.1. The molecule has 3 nitrogen and oxygen atoms in total. The largest absolute Gasteiger partial charge is 0.508 e. The van der Waals surface area contributed by atoms with Crippen LogP contribution in [0.3, 0.4) is 0 Å². The first-order valence-corrected chi connectivity index (χ1v) is 7.58. The van der Waals surface area contributed by atoms with Gasteiger partial charge in [0.15, 0.2) is 0 Å². The highest BCUT2D eigenvalue weighted by Crippen LogP contribution is 2.40. The number of anilines is 1. The minimum Gasteiger partial charge on any atom is -0.508 e. The van der Waals surface area contributed by atoms with Crippen molar-refractivity contribution in [2.45, 2.75) is 23.2 Å². The molecule has 0 spiro atoms. The predicted molar refractivity (Wildman–Crippen MR) is 83.4 cm³/mol. The van der Waals surface area contributed by atoms with Crippen LogP contribution in [0.15, 0.2) is 53.4 Å². The lowest BCUT2D eigenvalue weighted by Gasteiger charge is -2.12. The number of halogens is 3. The summed E-state index contributed by atoms with van der Waals surface area (Å²) in [5.74, 6) is -0.322. The number of hydrogen-bond acceptors (Lipinski definition) is 3. The van der Waals surface area contributed by atoms with Crippen molar-refractivity contribution < 1.29 is 23.1 Å². The number of aryl methyl sites for hydroxylation is 1. The molecule has 0 unspecified atom stereocenters. The number of carbonyl (C=O) groups is 1. The molecule has 2 rings (SSSR count). The summed E-state index contributed by atoms with van der Waals surface area (Å²) in [5, 5.41) is 12.1. The number of alkyl halides is 3. The number of phenols is 1. The maximum Gasteiger partial charge on any atom is 0.446 e. The van der Waals surface area contributed by atoms with Gasteiger partial charge in [0.25, 0.3) is 0 Å². The van der Waals surface area contributed by atoms with Crippen molar-refractivity contribution in [2.75, 3.05) is 5.32 Å². The van der Waals surface area contributed by atoms with E-state index in [1.165, 1.54) is 24.3 Å². The van der Waals surface area contributed by atoms with E-state index in [-0.39, 0.29) is 34.5 Å². The fourth-order valence-corrected chi connectivity index (χ4v) is 2.59. The number of amides is 1. The highest BCUT2D eigenvalue weighted by molar-refractivity contribution is 8.00. The Labute approximate surface area is 135 Å². The number of nitrogens with one attached hydrogen (secondary N) is 1. The van der Waals surface area contributed by atoms with E-state index in [4.69, 9.17) is 0 Å². The Bertz CT molecular complexity index is 689. The Hall–Kier alpha value is -2.15. The average molecular weight is 341 g/mol. The van der Waals surface area contributed by atoms with Crippen LogP contribution in [0.1, 0.15) is 12.0 Å². The third kappa shape index (κ3) is 5.52. The second kappa shape index (κ2) is 7.41. The van der Waals surface area contributed by atoms with Gasteiger partial charge in [-0.25, -0.2) is 0 Å². The Morgan fingerprint density at radius 3 is 2.43 bits per heavy atom. The average Bonchev–Trinajstić information content (AvgIpc) is 2.47. The van der Waals surface area contributed by atoms with Gasteiger partial charge in [0.1, 0.15) is 5.75 Å². The second-order valence-electron chi connectivity index (χ2n) is 4.72. The van der Waals surface area contributed by atoms with Crippen molar-refractivity contribution in [2.24, 2.45) is 0 Å². The summed E-state index contributed by atoms with van der Waals surface area (Å²) in [6, 6.07) is 12.4. The summed E-state index contributed by atoms with van der Waals surface area (Å²) in [7, 11) is 0. The smallest absolute Gasteiger partial charge is 0.446 e. The zero-order valence-corrected chi connectivity index (χ0v) is 12.7. The van der Waals surface area contributed by atoms with Crippen LogP contribution in [0.4, 0.5) is 18.9 Å². The molecule has 23 heavy (non-hydrogen) atoms. The molecular formula is C16H14F3NO2S. The normalized spacial score (nSPS) is 11.3. The van der Waals surface area contributed by atoms with Crippen molar-refractivity contribution in [3.05, 3.63) is 54.1 Å². The van der Waals surface area contributed by atoms with E-state index in [2.05, 4.69) is 5.32 Å². The van der Waals surface area contributed by atoms with Crippen molar-refractivity contribution in [3.63, 3.8) is 0 Å². The van der Waals surface area contributed by atoms with E-state index in [0.29, 0.717) is 12.0 Å². The second-order valence-corrected chi connectivity index (χ2v) is 5.83. The molecule has 0 radical (unpaired) electrons. The lowest BCUT2D eigenvalue weighted by Crippen LogP contribution is -2.13. The fraction of sp³-hybridized carbons (Fsp3) is 0.188. The molecule has 0 saturated heterocycles. The van der Waals surface area contributed by atoms with E-state index in [1.54, 1.807) is 24.3 Å². The quantitative estimate of drug-likeness (QED) is 0.783. The maximum absolute atomic E-state index is 12.5. The number of hydrogen-bond donors (Lipinski definition) is 2. The van der Waals surface area contributed by atoms with Crippen LogP contribution in [0, 0.1) is 0 Å². The van der Waals surface area contributed by atoms with Gasteiger partial charge in [0.2, 0.25) is 5.91 Å². The Kier molecular flexibility index (Phi) is 5.54. The van der Waals surface area contributed by atoms with E-state index in [1.807, 2.05) is 0 Å². The summed E-state index contributed by atoms with van der Waals surface area (Å²) in [6.07, 6.45) is 0.357. The molecule has 0 aromatic heterocycles. The Balaban J connectivity index is 1.99. The molecule has 0 heterocycles. The molecule has 2 N–H and O–H groups in total.